The fourth-order valence-corrected chi connectivity index (χ4v) is 3.37. The quantitative estimate of drug-likeness (QED) is 0.506. The first-order chi connectivity index (χ1) is 13.4. The maximum absolute atomic E-state index is 11.9. The predicted molar refractivity (Wildman–Crippen MR) is 107 cm³/mol. The lowest BCUT2D eigenvalue weighted by molar-refractivity contribution is 0.0697. The minimum absolute atomic E-state index is 0.00152. The van der Waals surface area contributed by atoms with Gasteiger partial charge in [-0.25, -0.2) is 4.79 Å². The molecule has 0 aromatic heterocycles. The third-order valence-corrected chi connectivity index (χ3v) is 4.46. The molecule has 0 saturated heterocycles. The second-order valence-electron chi connectivity index (χ2n) is 6.81. The van der Waals surface area contributed by atoms with Gasteiger partial charge in [0.05, 0.1) is 11.7 Å². The van der Waals surface area contributed by atoms with Crippen LogP contribution in [0.25, 0.3) is 33.4 Å². The third-order valence-electron chi connectivity index (χ3n) is 4.46. The molecule has 5 heteroatoms. The van der Waals surface area contributed by atoms with E-state index in [1.165, 1.54) is 12.1 Å². The predicted octanol–water partition coefficient (Wildman–Crippen LogP) is 5.05. The average Bonchev–Trinajstić information content (AvgIpc) is 2.65. The number of carbonyl (C=O) groups is 1. The van der Waals surface area contributed by atoms with Crippen molar-refractivity contribution in [3.63, 3.8) is 0 Å². The van der Waals surface area contributed by atoms with E-state index in [-0.39, 0.29) is 17.1 Å². The van der Waals surface area contributed by atoms with Crippen molar-refractivity contribution in [2.45, 2.75) is 20.0 Å². The van der Waals surface area contributed by atoms with Crippen LogP contribution in [0.3, 0.4) is 0 Å². The SMILES string of the molecule is CC(C)Oc1ccc2c(-c3ccccc3C(=O)O)c3ccc(=O)cc-3oc2c1. The first-order valence-corrected chi connectivity index (χ1v) is 8.94. The molecule has 0 saturated carbocycles. The maximum atomic E-state index is 11.9. The highest BCUT2D eigenvalue weighted by Crippen LogP contribution is 2.41. The summed E-state index contributed by atoms with van der Waals surface area (Å²) in [5, 5.41) is 10.4. The van der Waals surface area contributed by atoms with E-state index in [0.29, 0.717) is 33.8 Å². The van der Waals surface area contributed by atoms with E-state index in [9.17, 15) is 14.7 Å². The van der Waals surface area contributed by atoms with Gasteiger partial charge >= 0.3 is 5.97 Å². The average molecular weight is 374 g/mol. The van der Waals surface area contributed by atoms with Crippen LogP contribution < -0.4 is 10.2 Å². The fourth-order valence-electron chi connectivity index (χ4n) is 3.37. The smallest absolute Gasteiger partial charge is 0.336 e. The zero-order valence-electron chi connectivity index (χ0n) is 15.4. The van der Waals surface area contributed by atoms with Crippen LogP contribution in [-0.2, 0) is 0 Å². The van der Waals surface area contributed by atoms with Gasteiger partial charge in [-0.2, -0.15) is 0 Å². The van der Waals surface area contributed by atoms with E-state index in [0.717, 1.165) is 5.39 Å². The van der Waals surface area contributed by atoms with E-state index < -0.39 is 5.97 Å². The Hall–Kier alpha value is -3.60. The van der Waals surface area contributed by atoms with Crippen LogP contribution in [0.15, 0.2) is 69.9 Å². The molecule has 4 rings (SSSR count). The van der Waals surface area contributed by atoms with Gasteiger partial charge in [-0.3, -0.25) is 4.79 Å². The van der Waals surface area contributed by atoms with Crippen LogP contribution in [0, 0.1) is 0 Å². The number of hydrogen-bond acceptors (Lipinski definition) is 4. The van der Waals surface area contributed by atoms with Crippen molar-refractivity contribution in [1.82, 2.24) is 0 Å². The first kappa shape index (κ1) is 17.8. The minimum Gasteiger partial charge on any atom is -0.491 e. The summed E-state index contributed by atoms with van der Waals surface area (Å²) in [6, 6.07) is 16.8. The summed E-state index contributed by atoms with van der Waals surface area (Å²) in [6.45, 7) is 3.86. The molecule has 140 valence electrons. The van der Waals surface area contributed by atoms with Crippen molar-refractivity contribution in [1.29, 1.82) is 0 Å². The standard InChI is InChI=1S/C23H18O5/c1-13(2)27-15-8-10-19-21(12-15)28-20-11-14(24)7-9-18(20)22(19)16-5-3-4-6-17(16)23(25)26/h3-13H,1-2H3,(H,25,26). The second kappa shape index (κ2) is 6.85. The molecule has 0 bridgehead atoms. The molecule has 2 aromatic carbocycles. The van der Waals surface area contributed by atoms with Crippen molar-refractivity contribution in [2.75, 3.05) is 0 Å². The summed E-state index contributed by atoms with van der Waals surface area (Å²) in [6.07, 6.45) is -0.00152. The van der Waals surface area contributed by atoms with E-state index in [1.54, 1.807) is 36.4 Å². The molecular weight excluding hydrogens is 356 g/mol. The van der Waals surface area contributed by atoms with Crippen molar-refractivity contribution < 1.29 is 19.1 Å². The molecule has 2 aliphatic rings. The Morgan fingerprint density at radius 1 is 1.00 bits per heavy atom. The molecule has 0 spiro atoms. The lowest BCUT2D eigenvalue weighted by Gasteiger charge is -2.17. The van der Waals surface area contributed by atoms with Gasteiger partial charge in [0.2, 0.25) is 0 Å². The molecule has 0 unspecified atom stereocenters. The van der Waals surface area contributed by atoms with E-state index >= 15 is 0 Å². The van der Waals surface area contributed by atoms with Crippen LogP contribution in [-0.4, -0.2) is 17.2 Å². The lowest BCUT2D eigenvalue weighted by Crippen LogP contribution is -2.06. The van der Waals surface area contributed by atoms with Crippen LogP contribution >= 0.6 is 0 Å². The number of rotatable bonds is 4. The molecule has 0 radical (unpaired) electrons. The summed E-state index contributed by atoms with van der Waals surface area (Å²) in [7, 11) is 0. The summed E-state index contributed by atoms with van der Waals surface area (Å²) in [4.78, 5) is 23.7. The first-order valence-electron chi connectivity index (χ1n) is 8.94. The summed E-state index contributed by atoms with van der Waals surface area (Å²) >= 11 is 0. The van der Waals surface area contributed by atoms with Crippen LogP contribution in [0.2, 0.25) is 0 Å². The van der Waals surface area contributed by atoms with Gasteiger partial charge in [0.25, 0.3) is 0 Å². The van der Waals surface area contributed by atoms with Crippen molar-refractivity contribution in [3.8, 4) is 28.2 Å². The van der Waals surface area contributed by atoms with Crippen molar-refractivity contribution in [3.05, 3.63) is 76.5 Å². The summed E-state index contributed by atoms with van der Waals surface area (Å²) < 4.78 is 11.7. The molecule has 1 aliphatic heterocycles. The molecule has 1 aliphatic carbocycles. The zero-order chi connectivity index (χ0) is 19.8. The highest BCUT2D eigenvalue weighted by atomic mass is 16.5. The Labute approximate surface area is 161 Å². The van der Waals surface area contributed by atoms with Gasteiger partial charge in [-0.15, -0.1) is 0 Å². The summed E-state index contributed by atoms with van der Waals surface area (Å²) in [5.74, 6) is 0.0242. The largest absolute Gasteiger partial charge is 0.491 e. The Morgan fingerprint density at radius 2 is 1.79 bits per heavy atom. The number of aromatic carboxylic acids is 1. The number of hydrogen-bond donors (Lipinski definition) is 1. The van der Waals surface area contributed by atoms with Gasteiger partial charge in [0.15, 0.2) is 5.43 Å². The van der Waals surface area contributed by atoms with Gasteiger partial charge in [0, 0.05) is 28.6 Å². The van der Waals surface area contributed by atoms with Crippen LogP contribution in [0.5, 0.6) is 5.75 Å². The fraction of sp³-hybridized carbons (Fsp3) is 0.130. The van der Waals surface area contributed by atoms with Crippen LogP contribution in [0.4, 0.5) is 0 Å². The molecule has 28 heavy (non-hydrogen) atoms. The Kier molecular flexibility index (Phi) is 4.35. The summed E-state index contributed by atoms with van der Waals surface area (Å²) in [5.41, 5.74) is 2.49. The maximum Gasteiger partial charge on any atom is 0.336 e. The lowest BCUT2D eigenvalue weighted by atomic mass is 9.91. The number of benzene rings is 3. The monoisotopic (exact) mass is 374 g/mol. The van der Waals surface area contributed by atoms with Crippen molar-refractivity contribution >= 4 is 16.9 Å². The molecule has 0 atom stereocenters. The number of ether oxygens (including phenoxy) is 1. The van der Waals surface area contributed by atoms with Gasteiger partial charge in [-0.05, 0) is 49.7 Å². The highest BCUT2D eigenvalue weighted by molar-refractivity contribution is 6.07. The molecule has 2 aromatic rings. The number of carboxylic acid groups (broad SMARTS) is 1. The minimum atomic E-state index is -1.02. The second-order valence-corrected chi connectivity index (χ2v) is 6.81. The van der Waals surface area contributed by atoms with Gasteiger partial charge in [0.1, 0.15) is 17.1 Å². The molecule has 0 fully saturated rings. The molecular formula is C23H18O5. The van der Waals surface area contributed by atoms with E-state index in [2.05, 4.69) is 0 Å². The van der Waals surface area contributed by atoms with Crippen LogP contribution in [0.1, 0.15) is 24.2 Å². The molecule has 1 N–H and O–H groups in total. The Morgan fingerprint density at radius 3 is 2.54 bits per heavy atom. The molecule has 5 nitrogen and oxygen atoms in total. The Balaban J connectivity index is 2.11. The van der Waals surface area contributed by atoms with E-state index in [4.69, 9.17) is 9.15 Å². The Bertz CT molecular complexity index is 1220. The molecule has 1 heterocycles. The number of carboxylic acids is 1. The number of fused-ring (bicyclic) bond motifs is 2. The normalized spacial score (nSPS) is 11.2. The van der Waals surface area contributed by atoms with E-state index in [1.807, 2.05) is 26.0 Å². The topological polar surface area (TPSA) is 76.7 Å². The molecule has 0 amide bonds. The van der Waals surface area contributed by atoms with Gasteiger partial charge < -0.3 is 14.3 Å². The van der Waals surface area contributed by atoms with Crippen molar-refractivity contribution in [2.24, 2.45) is 0 Å². The van der Waals surface area contributed by atoms with Gasteiger partial charge in [-0.1, -0.05) is 18.2 Å². The zero-order valence-corrected chi connectivity index (χ0v) is 15.4. The highest BCUT2D eigenvalue weighted by Gasteiger charge is 2.21. The third kappa shape index (κ3) is 3.11.